The predicted molar refractivity (Wildman–Crippen MR) is 86.1 cm³/mol. The van der Waals surface area contributed by atoms with Crippen molar-refractivity contribution in [2.24, 2.45) is 0 Å². The molecule has 0 fully saturated rings. The summed E-state index contributed by atoms with van der Waals surface area (Å²) in [6, 6.07) is 8.66. The van der Waals surface area contributed by atoms with E-state index in [1.165, 1.54) is 12.1 Å². The first kappa shape index (κ1) is 15.7. The minimum atomic E-state index is -0.337. The first-order chi connectivity index (χ1) is 11.0. The number of pyridine rings is 1. The van der Waals surface area contributed by atoms with Crippen LogP contribution in [-0.2, 0) is 6.54 Å². The molecule has 3 rings (SSSR count). The van der Waals surface area contributed by atoms with E-state index in [-0.39, 0.29) is 17.5 Å². The second-order valence-electron chi connectivity index (χ2n) is 6.39. The summed E-state index contributed by atoms with van der Waals surface area (Å²) in [5.74, 6) is 0.938. The molecule has 0 spiro atoms. The molecule has 4 nitrogen and oxygen atoms in total. The quantitative estimate of drug-likeness (QED) is 0.935. The van der Waals surface area contributed by atoms with Gasteiger partial charge in [0.15, 0.2) is 0 Å². The van der Waals surface area contributed by atoms with Crippen LogP contribution in [0.2, 0.25) is 0 Å². The molecule has 0 saturated heterocycles. The average molecular weight is 316 g/mol. The lowest BCUT2D eigenvalue weighted by atomic mass is 9.89. The zero-order valence-electron chi connectivity index (χ0n) is 13.6. The number of halogens is 1. The van der Waals surface area contributed by atoms with Crippen molar-refractivity contribution in [1.29, 1.82) is 0 Å². The Kier molecular flexibility index (Phi) is 4.22. The van der Waals surface area contributed by atoms with Crippen LogP contribution in [0.1, 0.15) is 37.4 Å². The van der Waals surface area contributed by atoms with Crippen molar-refractivity contribution in [3.63, 3.8) is 0 Å². The van der Waals surface area contributed by atoms with E-state index in [2.05, 4.69) is 10.3 Å². The second-order valence-corrected chi connectivity index (χ2v) is 6.39. The largest absolute Gasteiger partial charge is 0.487 e. The summed E-state index contributed by atoms with van der Waals surface area (Å²) in [7, 11) is 1.60. The minimum Gasteiger partial charge on any atom is -0.487 e. The molecule has 23 heavy (non-hydrogen) atoms. The van der Waals surface area contributed by atoms with E-state index in [0.717, 1.165) is 17.5 Å². The highest BCUT2D eigenvalue weighted by molar-refractivity contribution is 5.39. The summed E-state index contributed by atoms with van der Waals surface area (Å²) >= 11 is 0. The van der Waals surface area contributed by atoms with E-state index >= 15 is 0 Å². The Morgan fingerprint density at radius 3 is 2.87 bits per heavy atom. The van der Waals surface area contributed by atoms with Crippen LogP contribution >= 0.6 is 0 Å². The molecule has 0 amide bonds. The number of nitrogens with one attached hydrogen (secondary N) is 1. The van der Waals surface area contributed by atoms with Gasteiger partial charge in [0.2, 0.25) is 5.88 Å². The fourth-order valence-electron chi connectivity index (χ4n) is 2.88. The first-order valence-electron chi connectivity index (χ1n) is 7.68. The standard InChI is InChI=1S/C18H21FN2O2/c1-18(2)9-15(14-6-5-13(19)8-16(14)23-18)20-10-12-4-7-17(22-3)21-11-12/h4-8,11,15,20H,9-10H2,1-3H3. The molecule has 1 atom stereocenters. The van der Waals surface area contributed by atoms with E-state index in [1.54, 1.807) is 19.4 Å². The highest BCUT2D eigenvalue weighted by Gasteiger charge is 2.33. The number of fused-ring (bicyclic) bond motifs is 1. The van der Waals surface area contributed by atoms with Crippen LogP contribution in [0, 0.1) is 5.82 Å². The van der Waals surface area contributed by atoms with Crippen molar-refractivity contribution < 1.29 is 13.9 Å². The van der Waals surface area contributed by atoms with Crippen LogP contribution in [0.25, 0.3) is 0 Å². The van der Waals surface area contributed by atoms with Crippen molar-refractivity contribution in [2.45, 2.75) is 38.5 Å². The topological polar surface area (TPSA) is 43.4 Å². The Hall–Kier alpha value is -2.14. The van der Waals surface area contributed by atoms with E-state index < -0.39 is 0 Å². The van der Waals surface area contributed by atoms with Crippen molar-refractivity contribution in [1.82, 2.24) is 10.3 Å². The van der Waals surface area contributed by atoms with Gasteiger partial charge in [0, 0.05) is 42.9 Å². The lowest BCUT2D eigenvalue weighted by Gasteiger charge is -2.38. The Morgan fingerprint density at radius 2 is 2.17 bits per heavy atom. The van der Waals surface area contributed by atoms with Crippen LogP contribution in [0.15, 0.2) is 36.5 Å². The molecule has 0 saturated carbocycles. The highest BCUT2D eigenvalue weighted by Crippen LogP contribution is 2.39. The predicted octanol–water partition coefficient (Wildman–Crippen LogP) is 3.62. The molecule has 1 unspecified atom stereocenters. The second kappa shape index (κ2) is 6.16. The fraction of sp³-hybridized carbons (Fsp3) is 0.389. The van der Waals surface area contributed by atoms with Crippen molar-refractivity contribution >= 4 is 0 Å². The third-order valence-electron chi connectivity index (χ3n) is 3.99. The molecule has 0 aliphatic carbocycles. The number of ether oxygens (including phenoxy) is 2. The molecular formula is C18H21FN2O2. The van der Waals surface area contributed by atoms with Gasteiger partial charge in [0.25, 0.3) is 0 Å². The average Bonchev–Trinajstić information content (AvgIpc) is 2.51. The number of hydrogen-bond donors (Lipinski definition) is 1. The number of benzene rings is 1. The number of aromatic nitrogens is 1. The summed E-state index contributed by atoms with van der Waals surface area (Å²) in [5.41, 5.74) is 1.72. The third-order valence-corrected chi connectivity index (χ3v) is 3.99. The zero-order valence-corrected chi connectivity index (χ0v) is 13.6. The molecular weight excluding hydrogens is 295 g/mol. The molecule has 2 heterocycles. The molecule has 1 aliphatic heterocycles. The lowest BCUT2D eigenvalue weighted by Crippen LogP contribution is -2.39. The van der Waals surface area contributed by atoms with E-state index in [1.807, 2.05) is 26.0 Å². The van der Waals surface area contributed by atoms with E-state index in [0.29, 0.717) is 18.2 Å². The summed E-state index contributed by atoms with van der Waals surface area (Å²) in [5, 5.41) is 3.52. The summed E-state index contributed by atoms with van der Waals surface area (Å²) in [6.45, 7) is 4.71. The number of hydrogen-bond acceptors (Lipinski definition) is 4. The maximum absolute atomic E-state index is 13.5. The van der Waals surface area contributed by atoms with Crippen LogP contribution in [0.5, 0.6) is 11.6 Å². The summed E-state index contributed by atoms with van der Waals surface area (Å²) < 4.78 is 24.4. The summed E-state index contributed by atoms with van der Waals surface area (Å²) in [6.07, 6.45) is 2.61. The smallest absolute Gasteiger partial charge is 0.212 e. The van der Waals surface area contributed by atoms with Gasteiger partial charge in [-0.3, -0.25) is 0 Å². The molecule has 2 aromatic rings. The molecule has 1 aromatic carbocycles. The van der Waals surface area contributed by atoms with Gasteiger partial charge in [-0.05, 0) is 25.5 Å². The lowest BCUT2D eigenvalue weighted by molar-refractivity contribution is 0.0652. The van der Waals surface area contributed by atoms with Crippen molar-refractivity contribution in [3.05, 3.63) is 53.5 Å². The van der Waals surface area contributed by atoms with Crippen LogP contribution in [0.3, 0.4) is 0 Å². The summed E-state index contributed by atoms with van der Waals surface area (Å²) in [4.78, 5) is 4.21. The molecule has 1 N–H and O–H groups in total. The van der Waals surface area contributed by atoms with Gasteiger partial charge >= 0.3 is 0 Å². The number of rotatable bonds is 4. The fourth-order valence-corrected chi connectivity index (χ4v) is 2.88. The molecule has 5 heteroatoms. The number of methoxy groups -OCH3 is 1. The molecule has 1 aromatic heterocycles. The maximum atomic E-state index is 13.5. The highest BCUT2D eigenvalue weighted by atomic mass is 19.1. The van der Waals surface area contributed by atoms with Gasteiger partial charge in [-0.15, -0.1) is 0 Å². The molecule has 1 aliphatic rings. The van der Waals surface area contributed by atoms with Crippen LogP contribution in [0.4, 0.5) is 4.39 Å². The van der Waals surface area contributed by atoms with Crippen molar-refractivity contribution in [2.75, 3.05) is 7.11 Å². The molecule has 122 valence electrons. The molecule has 0 radical (unpaired) electrons. The van der Waals surface area contributed by atoms with Crippen LogP contribution in [-0.4, -0.2) is 17.7 Å². The third kappa shape index (κ3) is 3.62. The van der Waals surface area contributed by atoms with Crippen LogP contribution < -0.4 is 14.8 Å². The molecule has 0 bridgehead atoms. The minimum absolute atomic E-state index is 0.108. The van der Waals surface area contributed by atoms with Crippen molar-refractivity contribution in [3.8, 4) is 11.6 Å². The Morgan fingerprint density at radius 1 is 1.35 bits per heavy atom. The van der Waals surface area contributed by atoms with E-state index in [4.69, 9.17) is 9.47 Å². The Balaban J connectivity index is 1.76. The van der Waals surface area contributed by atoms with Gasteiger partial charge in [-0.25, -0.2) is 9.37 Å². The Bertz CT molecular complexity index is 686. The van der Waals surface area contributed by atoms with Gasteiger partial charge in [-0.1, -0.05) is 12.1 Å². The SMILES string of the molecule is COc1ccc(CNC2CC(C)(C)Oc3cc(F)ccc32)cn1. The van der Waals surface area contributed by atoms with Gasteiger partial charge in [0.05, 0.1) is 7.11 Å². The Labute approximate surface area is 135 Å². The number of nitrogens with zero attached hydrogens (tertiary/aromatic N) is 1. The van der Waals surface area contributed by atoms with Gasteiger partial charge in [0.1, 0.15) is 17.2 Å². The van der Waals surface area contributed by atoms with Gasteiger partial charge < -0.3 is 14.8 Å². The maximum Gasteiger partial charge on any atom is 0.212 e. The first-order valence-corrected chi connectivity index (χ1v) is 7.68. The van der Waals surface area contributed by atoms with Gasteiger partial charge in [-0.2, -0.15) is 0 Å². The van der Waals surface area contributed by atoms with E-state index in [9.17, 15) is 4.39 Å². The normalized spacial score (nSPS) is 18.9. The zero-order chi connectivity index (χ0) is 16.4. The monoisotopic (exact) mass is 316 g/mol.